The maximum Gasteiger partial charge on any atom is 0.0504 e. The highest BCUT2D eigenvalue weighted by molar-refractivity contribution is 5.96. The van der Waals surface area contributed by atoms with E-state index in [-0.39, 0.29) is 11.5 Å². The molecule has 0 bridgehead atoms. The Kier molecular flexibility index (Phi) is 11.0. The van der Waals surface area contributed by atoms with E-state index in [0.29, 0.717) is 5.70 Å². The molecule has 0 aromatic heterocycles. The van der Waals surface area contributed by atoms with Crippen molar-refractivity contribution in [3.8, 4) is 33.4 Å². The van der Waals surface area contributed by atoms with E-state index in [9.17, 15) is 0 Å². The van der Waals surface area contributed by atoms with Gasteiger partial charge in [-0.15, -0.1) is 0 Å². The molecule has 1 spiro atoms. The second-order valence-electron chi connectivity index (χ2n) is 16.3. The zero-order valence-electron chi connectivity index (χ0n) is 34.6. The van der Waals surface area contributed by atoms with Crippen LogP contribution in [0.1, 0.15) is 51.4 Å². The summed E-state index contributed by atoms with van der Waals surface area (Å²) in [6.45, 7) is 6.48. The molecule has 2 aliphatic carbocycles. The van der Waals surface area contributed by atoms with E-state index in [1.807, 2.05) is 60.7 Å². The predicted molar refractivity (Wildman–Crippen MR) is 259 cm³/mol. The molecule has 8 aromatic rings. The lowest BCUT2D eigenvalue weighted by Crippen LogP contribution is -2.28. The Labute approximate surface area is 360 Å². The fraction of sp³-hybridized carbons (Fsp3) is 0.0847. The number of rotatable bonds is 5. The smallest absolute Gasteiger partial charge is 0.0504 e. The maximum absolute atomic E-state index is 6.58. The first-order valence-electron chi connectivity index (χ1n) is 21.2. The van der Waals surface area contributed by atoms with E-state index in [1.54, 1.807) is 0 Å². The fourth-order valence-corrected chi connectivity index (χ4v) is 9.14. The fourth-order valence-electron chi connectivity index (χ4n) is 9.14. The van der Waals surface area contributed by atoms with Gasteiger partial charge in [0.15, 0.2) is 0 Å². The molecule has 0 fully saturated rings. The van der Waals surface area contributed by atoms with Crippen LogP contribution in [0.2, 0.25) is 0 Å². The molecule has 0 saturated carbocycles. The van der Waals surface area contributed by atoms with Gasteiger partial charge in [-0.25, -0.2) is 0 Å². The minimum Gasteiger partial charge on any atom is -0.398 e. The number of benzene rings is 8. The van der Waals surface area contributed by atoms with Crippen LogP contribution in [0.25, 0.3) is 49.9 Å². The predicted octanol–water partition coefficient (Wildman–Crippen LogP) is 14.1. The van der Waals surface area contributed by atoms with Gasteiger partial charge in [-0.3, -0.25) is 0 Å². The largest absolute Gasteiger partial charge is 0.398 e. The summed E-state index contributed by atoms with van der Waals surface area (Å²) in [5.41, 5.74) is 30.5. The molecule has 0 amide bonds. The van der Waals surface area contributed by atoms with Gasteiger partial charge in [0, 0.05) is 5.70 Å². The van der Waals surface area contributed by atoms with Gasteiger partial charge < -0.3 is 11.5 Å². The number of hydrogen-bond donors (Lipinski definition) is 2. The molecule has 2 atom stereocenters. The van der Waals surface area contributed by atoms with Crippen molar-refractivity contribution < 1.29 is 0 Å². The first-order chi connectivity index (χ1) is 29.9. The molecule has 61 heavy (non-hydrogen) atoms. The van der Waals surface area contributed by atoms with Crippen LogP contribution in [-0.4, -0.2) is 0 Å². The number of aryl methyl sites for hydroxylation is 1. The molecule has 296 valence electrons. The zero-order chi connectivity index (χ0) is 41.8. The number of allylic oxidation sites excluding steroid dienone is 5. The third kappa shape index (κ3) is 7.94. The monoisotopic (exact) mass is 786 g/mol. The summed E-state index contributed by atoms with van der Waals surface area (Å²) in [5, 5.41) is 2.52. The van der Waals surface area contributed by atoms with Crippen LogP contribution in [0.5, 0.6) is 0 Å². The van der Waals surface area contributed by atoms with E-state index < -0.39 is 0 Å². The van der Waals surface area contributed by atoms with Gasteiger partial charge >= 0.3 is 0 Å². The van der Waals surface area contributed by atoms with Crippen LogP contribution in [0.15, 0.2) is 231 Å². The Hall–Kier alpha value is -7.26. The molecule has 2 heteroatoms. The number of hydrogen-bond acceptors (Lipinski definition) is 2. The van der Waals surface area contributed by atoms with Crippen molar-refractivity contribution in [3.05, 3.63) is 270 Å². The van der Waals surface area contributed by atoms with Crippen molar-refractivity contribution in [1.29, 1.82) is 0 Å². The third-order valence-electron chi connectivity index (χ3n) is 12.2. The molecule has 0 radical (unpaired) electrons. The van der Waals surface area contributed by atoms with Crippen LogP contribution in [0.4, 0.5) is 0 Å². The van der Waals surface area contributed by atoms with Gasteiger partial charge in [-0.2, -0.15) is 0 Å². The van der Waals surface area contributed by atoms with Crippen LogP contribution in [0.3, 0.4) is 0 Å². The standard InChI is InChI=1S/C52H42N2.C7H8/c1-35-13-4-3-11-28-52(47-21-10-9-18-43(47)29-35)48-27-26-42(32-45(48)46-31-40-16-7-8-17-41(40)33-49(46)52)37-24-22-36(23-25-37)39-19-12-20-44(30-39)51(54)34-50(53)38-14-5-2-6-15-38;1-7-5-3-2-4-6-7/h2-27,30-34,50H,1,28-29,53-54H2;2-6H,1H3/b11-3-,13-4-,51-34-;. The molecule has 0 saturated heterocycles. The Morgan fingerprint density at radius 1 is 0.574 bits per heavy atom. The molecule has 4 N–H and O–H groups in total. The van der Waals surface area contributed by atoms with Gasteiger partial charge in [0.2, 0.25) is 0 Å². The highest BCUT2D eigenvalue weighted by Gasteiger charge is 2.45. The highest BCUT2D eigenvalue weighted by Crippen LogP contribution is 2.57. The van der Waals surface area contributed by atoms with Crippen LogP contribution < -0.4 is 11.5 Å². The van der Waals surface area contributed by atoms with Crippen LogP contribution >= 0.6 is 0 Å². The molecular weight excluding hydrogens is 737 g/mol. The lowest BCUT2D eigenvalue weighted by atomic mass is 9.67. The van der Waals surface area contributed by atoms with Crippen molar-refractivity contribution in [3.63, 3.8) is 0 Å². The third-order valence-corrected chi connectivity index (χ3v) is 12.2. The molecule has 0 heterocycles. The Morgan fingerprint density at radius 2 is 1.20 bits per heavy atom. The summed E-state index contributed by atoms with van der Waals surface area (Å²) in [6, 6.07) is 67.0. The van der Waals surface area contributed by atoms with Gasteiger partial charge in [-0.05, 0) is 128 Å². The summed E-state index contributed by atoms with van der Waals surface area (Å²) < 4.78 is 0. The van der Waals surface area contributed by atoms with E-state index >= 15 is 0 Å². The van der Waals surface area contributed by atoms with Crippen LogP contribution in [-0.2, 0) is 11.8 Å². The van der Waals surface area contributed by atoms with Gasteiger partial charge in [0.25, 0.3) is 0 Å². The first-order valence-corrected chi connectivity index (χ1v) is 21.2. The second kappa shape index (κ2) is 17.1. The molecule has 0 aliphatic heterocycles. The van der Waals surface area contributed by atoms with Crippen molar-refractivity contribution in [2.75, 3.05) is 0 Å². The Balaban J connectivity index is 0.000000620. The summed E-state index contributed by atoms with van der Waals surface area (Å²) in [6.07, 6.45) is 12.4. The van der Waals surface area contributed by atoms with E-state index in [1.165, 1.54) is 60.8 Å². The maximum atomic E-state index is 6.58. The van der Waals surface area contributed by atoms with E-state index in [2.05, 4.69) is 171 Å². The second-order valence-corrected chi connectivity index (χ2v) is 16.3. The van der Waals surface area contributed by atoms with E-state index in [0.717, 1.165) is 40.7 Å². The lowest BCUT2D eigenvalue weighted by Gasteiger charge is -2.34. The van der Waals surface area contributed by atoms with Crippen molar-refractivity contribution in [1.82, 2.24) is 0 Å². The topological polar surface area (TPSA) is 52.0 Å². The van der Waals surface area contributed by atoms with Gasteiger partial charge in [-0.1, -0.05) is 206 Å². The summed E-state index contributed by atoms with van der Waals surface area (Å²) in [7, 11) is 0. The van der Waals surface area contributed by atoms with E-state index in [4.69, 9.17) is 11.5 Å². The quantitative estimate of drug-likeness (QED) is 0.183. The van der Waals surface area contributed by atoms with Gasteiger partial charge in [0.05, 0.1) is 11.5 Å². The highest BCUT2D eigenvalue weighted by atomic mass is 14.6. The normalized spacial score (nSPS) is 17.0. The summed E-state index contributed by atoms with van der Waals surface area (Å²) in [5.74, 6) is 0. The van der Waals surface area contributed by atoms with Gasteiger partial charge in [0.1, 0.15) is 0 Å². The van der Waals surface area contributed by atoms with Crippen molar-refractivity contribution in [2.24, 2.45) is 11.5 Å². The average molecular weight is 787 g/mol. The Bertz CT molecular complexity index is 2950. The van der Waals surface area contributed by atoms with Crippen molar-refractivity contribution in [2.45, 2.75) is 31.2 Å². The van der Waals surface area contributed by atoms with Crippen molar-refractivity contribution >= 4 is 16.5 Å². The molecule has 2 nitrogen and oxygen atoms in total. The first kappa shape index (κ1) is 39.2. The molecule has 2 aliphatic rings. The zero-order valence-corrected chi connectivity index (χ0v) is 34.6. The molecule has 2 unspecified atom stereocenters. The SMILES string of the molecule is C=C1/C=C\C=C/CC2(c3ccccc3C1)c1ccc(-c3ccc(-c4cccc(/C(N)=C/C(N)c5ccccc5)c4)cc3)cc1-c1cc3ccccc3cc12.Cc1ccccc1. The minimum absolute atomic E-state index is 0.272. The Morgan fingerprint density at radius 3 is 1.92 bits per heavy atom. The summed E-state index contributed by atoms with van der Waals surface area (Å²) >= 11 is 0. The summed E-state index contributed by atoms with van der Waals surface area (Å²) in [4.78, 5) is 0. The minimum atomic E-state index is -0.331. The average Bonchev–Trinajstić information content (AvgIpc) is 3.57. The molecular formula is C59H50N2. The lowest BCUT2D eigenvalue weighted by molar-refractivity contribution is 0.638. The number of nitrogens with two attached hydrogens (primary N) is 2. The molecule has 10 rings (SSSR count). The number of fused-ring (bicyclic) bond motifs is 8. The molecule has 8 aromatic carbocycles. The van der Waals surface area contributed by atoms with Crippen LogP contribution in [0, 0.1) is 6.92 Å².